The fourth-order valence-corrected chi connectivity index (χ4v) is 4.53. The van der Waals surface area contributed by atoms with Crippen molar-refractivity contribution in [3.05, 3.63) is 105 Å². The molecule has 0 spiro atoms. The van der Waals surface area contributed by atoms with Crippen LogP contribution in [-0.2, 0) is 4.74 Å². The SMILES string of the molecule is COCCN(C(=O)c1ccccc1Cl)C(C)c1nc2ccccc2c(=O)n1-c1ccc(C)cc1C. The number of para-hydroxylation sites is 1. The number of benzene rings is 3. The third kappa shape index (κ3) is 4.85. The Morgan fingerprint density at radius 2 is 1.80 bits per heavy atom. The molecule has 3 aromatic carbocycles. The minimum Gasteiger partial charge on any atom is -0.383 e. The zero-order valence-corrected chi connectivity index (χ0v) is 21.0. The van der Waals surface area contributed by atoms with E-state index in [0.717, 1.165) is 16.8 Å². The highest BCUT2D eigenvalue weighted by Gasteiger charge is 2.28. The largest absolute Gasteiger partial charge is 0.383 e. The van der Waals surface area contributed by atoms with Crippen LogP contribution in [-0.4, -0.2) is 40.6 Å². The van der Waals surface area contributed by atoms with E-state index in [1.165, 1.54) is 0 Å². The molecule has 4 rings (SSSR count). The van der Waals surface area contributed by atoms with E-state index in [4.69, 9.17) is 21.3 Å². The van der Waals surface area contributed by atoms with Gasteiger partial charge in [0.2, 0.25) is 0 Å². The Labute approximate surface area is 209 Å². The van der Waals surface area contributed by atoms with Gasteiger partial charge in [0.05, 0.1) is 39.8 Å². The van der Waals surface area contributed by atoms with Crippen LogP contribution in [0.15, 0.2) is 71.5 Å². The van der Waals surface area contributed by atoms with Gasteiger partial charge in [-0.05, 0) is 56.7 Å². The van der Waals surface area contributed by atoms with Crippen LogP contribution in [0.25, 0.3) is 16.6 Å². The van der Waals surface area contributed by atoms with Crippen LogP contribution in [0.1, 0.15) is 40.3 Å². The third-order valence-electron chi connectivity index (χ3n) is 6.14. The first-order chi connectivity index (χ1) is 16.8. The van der Waals surface area contributed by atoms with Gasteiger partial charge in [-0.1, -0.05) is 53.6 Å². The minimum absolute atomic E-state index is 0.179. The predicted molar refractivity (Wildman–Crippen MR) is 140 cm³/mol. The number of amides is 1. The first-order valence-electron chi connectivity index (χ1n) is 11.5. The van der Waals surface area contributed by atoms with Crippen molar-refractivity contribution in [2.75, 3.05) is 20.3 Å². The summed E-state index contributed by atoms with van der Waals surface area (Å²) >= 11 is 6.36. The van der Waals surface area contributed by atoms with Gasteiger partial charge in [0.1, 0.15) is 5.82 Å². The Kier molecular flexibility index (Phi) is 7.34. The average molecular weight is 490 g/mol. The molecule has 4 aromatic rings. The molecule has 0 aliphatic rings. The zero-order chi connectivity index (χ0) is 25.1. The Morgan fingerprint density at radius 1 is 1.09 bits per heavy atom. The lowest BCUT2D eigenvalue weighted by atomic mass is 10.1. The monoisotopic (exact) mass is 489 g/mol. The first kappa shape index (κ1) is 24.6. The van der Waals surface area contributed by atoms with Crippen molar-refractivity contribution in [1.29, 1.82) is 0 Å². The van der Waals surface area contributed by atoms with Crippen molar-refractivity contribution in [1.82, 2.24) is 14.5 Å². The zero-order valence-electron chi connectivity index (χ0n) is 20.3. The topological polar surface area (TPSA) is 64.4 Å². The van der Waals surface area contributed by atoms with E-state index in [1.54, 1.807) is 46.9 Å². The van der Waals surface area contributed by atoms with Crippen molar-refractivity contribution < 1.29 is 9.53 Å². The molecule has 0 bridgehead atoms. The summed E-state index contributed by atoms with van der Waals surface area (Å²) in [5.74, 6) is 0.215. The van der Waals surface area contributed by atoms with Crippen molar-refractivity contribution >= 4 is 28.4 Å². The first-order valence-corrected chi connectivity index (χ1v) is 11.8. The van der Waals surface area contributed by atoms with E-state index in [0.29, 0.717) is 40.5 Å². The summed E-state index contributed by atoms with van der Waals surface area (Å²) < 4.78 is 6.93. The summed E-state index contributed by atoms with van der Waals surface area (Å²) in [5, 5.41) is 0.884. The van der Waals surface area contributed by atoms with Gasteiger partial charge in [0.15, 0.2) is 0 Å². The molecule has 0 radical (unpaired) electrons. The van der Waals surface area contributed by atoms with Gasteiger partial charge in [0, 0.05) is 13.7 Å². The maximum absolute atomic E-state index is 13.8. The van der Waals surface area contributed by atoms with E-state index in [1.807, 2.05) is 57.2 Å². The maximum atomic E-state index is 13.8. The summed E-state index contributed by atoms with van der Waals surface area (Å²) in [6, 6.07) is 19.6. The molecule has 1 heterocycles. The molecule has 7 heteroatoms. The molecule has 180 valence electrons. The van der Waals surface area contributed by atoms with Gasteiger partial charge in [-0.15, -0.1) is 0 Å². The molecule has 1 amide bonds. The summed E-state index contributed by atoms with van der Waals surface area (Å²) in [7, 11) is 1.59. The van der Waals surface area contributed by atoms with Gasteiger partial charge in [0.25, 0.3) is 11.5 Å². The van der Waals surface area contributed by atoms with E-state index >= 15 is 0 Å². The molecule has 0 aliphatic carbocycles. The van der Waals surface area contributed by atoms with Crippen molar-refractivity contribution in [3.8, 4) is 5.69 Å². The quantitative estimate of drug-likeness (QED) is 0.343. The second-order valence-electron chi connectivity index (χ2n) is 8.56. The molecule has 0 N–H and O–H groups in total. The maximum Gasteiger partial charge on any atom is 0.266 e. The molecule has 1 unspecified atom stereocenters. The number of halogens is 1. The van der Waals surface area contributed by atoms with Gasteiger partial charge in [-0.2, -0.15) is 0 Å². The van der Waals surface area contributed by atoms with Gasteiger partial charge in [-0.3, -0.25) is 14.2 Å². The molecule has 0 fully saturated rings. The summed E-state index contributed by atoms with van der Waals surface area (Å²) in [4.78, 5) is 34.0. The fourth-order valence-electron chi connectivity index (χ4n) is 4.31. The number of fused-ring (bicyclic) bond motifs is 1. The summed E-state index contributed by atoms with van der Waals surface area (Å²) in [5.41, 5.74) is 3.56. The molecule has 0 saturated heterocycles. The second-order valence-corrected chi connectivity index (χ2v) is 8.97. The highest BCUT2D eigenvalue weighted by atomic mass is 35.5. The Balaban J connectivity index is 1.94. The number of aromatic nitrogens is 2. The molecule has 0 aliphatic heterocycles. The predicted octanol–water partition coefficient (Wildman–Crippen LogP) is 5.51. The summed E-state index contributed by atoms with van der Waals surface area (Å²) in [6.07, 6.45) is 0. The average Bonchev–Trinajstić information content (AvgIpc) is 2.85. The van der Waals surface area contributed by atoms with Gasteiger partial charge >= 0.3 is 0 Å². The standard InChI is InChI=1S/C28H28ClN3O3/c1-18-13-14-25(19(2)17-18)32-26(30-24-12-8-6-10-22(24)28(32)34)20(3)31(15-16-35-4)27(33)21-9-5-7-11-23(21)29/h5-14,17,20H,15-16H2,1-4H3. The van der Waals surface area contributed by atoms with Crippen LogP contribution >= 0.6 is 11.6 Å². The minimum atomic E-state index is -0.549. The lowest BCUT2D eigenvalue weighted by Gasteiger charge is -2.31. The van der Waals surface area contributed by atoms with Crippen molar-refractivity contribution in [3.63, 3.8) is 0 Å². The number of nitrogens with zero attached hydrogens (tertiary/aromatic N) is 3. The lowest BCUT2D eigenvalue weighted by molar-refractivity contribution is 0.0605. The highest BCUT2D eigenvalue weighted by Crippen LogP contribution is 2.27. The third-order valence-corrected chi connectivity index (χ3v) is 6.47. The van der Waals surface area contributed by atoms with Crippen molar-refractivity contribution in [2.45, 2.75) is 26.8 Å². The van der Waals surface area contributed by atoms with Crippen LogP contribution in [0, 0.1) is 13.8 Å². The molecule has 0 saturated carbocycles. The van der Waals surface area contributed by atoms with E-state index in [9.17, 15) is 9.59 Å². The molecular formula is C28H28ClN3O3. The van der Waals surface area contributed by atoms with Crippen LogP contribution in [0.4, 0.5) is 0 Å². The highest BCUT2D eigenvalue weighted by molar-refractivity contribution is 6.33. The number of carbonyl (C=O) groups excluding carboxylic acids is 1. The number of hydrogen-bond acceptors (Lipinski definition) is 4. The number of carbonyl (C=O) groups is 1. The number of rotatable bonds is 7. The molecule has 35 heavy (non-hydrogen) atoms. The number of methoxy groups -OCH3 is 1. The molecule has 1 atom stereocenters. The van der Waals surface area contributed by atoms with E-state index in [-0.39, 0.29) is 11.5 Å². The number of hydrogen-bond donors (Lipinski definition) is 0. The molecule has 6 nitrogen and oxygen atoms in total. The Bertz CT molecular complexity index is 1450. The van der Waals surface area contributed by atoms with Crippen molar-refractivity contribution in [2.24, 2.45) is 0 Å². The second kappa shape index (κ2) is 10.4. The number of aryl methyl sites for hydroxylation is 2. The van der Waals surface area contributed by atoms with E-state index < -0.39 is 6.04 Å². The smallest absolute Gasteiger partial charge is 0.266 e. The fraction of sp³-hybridized carbons (Fsp3) is 0.250. The van der Waals surface area contributed by atoms with Crippen LogP contribution in [0.2, 0.25) is 5.02 Å². The van der Waals surface area contributed by atoms with Gasteiger partial charge < -0.3 is 9.64 Å². The van der Waals surface area contributed by atoms with Crippen LogP contribution in [0.5, 0.6) is 0 Å². The Hall–Kier alpha value is -3.48. The van der Waals surface area contributed by atoms with E-state index in [2.05, 4.69) is 0 Å². The van der Waals surface area contributed by atoms with Crippen LogP contribution in [0.3, 0.4) is 0 Å². The Morgan fingerprint density at radius 3 is 2.51 bits per heavy atom. The normalized spacial score (nSPS) is 12.0. The van der Waals surface area contributed by atoms with Crippen LogP contribution < -0.4 is 5.56 Å². The molecular weight excluding hydrogens is 462 g/mol. The molecule has 1 aromatic heterocycles. The summed E-state index contributed by atoms with van der Waals surface area (Å²) in [6.45, 7) is 6.48. The lowest BCUT2D eigenvalue weighted by Crippen LogP contribution is -2.39. The van der Waals surface area contributed by atoms with Gasteiger partial charge in [-0.25, -0.2) is 4.98 Å². The number of ether oxygens (including phenoxy) is 1.